The lowest BCUT2D eigenvalue weighted by atomic mass is 10.1. The Morgan fingerprint density at radius 2 is 1.79 bits per heavy atom. The molecule has 1 heterocycles. The van der Waals surface area contributed by atoms with E-state index in [0.29, 0.717) is 11.6 Å². The Hall–Kier alpha value is -2.41. The van der Waals surface area contributed by atoms with Crippen molar-refractivity contribution >= 4 is 37.7 Å². The van der Waals surface area contributed by atoms with Crippen LogP contribution in [0.1, 0.15) is 18.9 Å². The fourth-order valence-electron chi connectivity index (χ4n) is 3.38. The van der Waals surface area contributed by atoms with Crippen LogP contribution in [0.5, 0.6) is 5.75 Å². The fraction of sp³-hybridized carbons (Fsp3) is 0.227. The SMILES string of the molecule is C[C@@H](O)c1nc2ccccc2n1C[C@@H](O)COc1ccc2ccccc2c1Br. The van der Waals surface area contributed by atoms with E-state index in [1.807, 2.05) is 65.2 Å². The minimum absolute atomic E-state index is 0.128. The molecular weight excluding hydrogens is 420 g/mol. The highest BCUT2D eigenvalue weighted by molar-refractivity contribution is 9.10. The zero-order valence-corrected chi connectivity index (χ0v) is 17.0. The number of hydrogen-bond donors (Lipinski definition) is 2. The average molecular weight is 441 g/mol. The lowest BCUT2D eigenvalue weighted by Crippen LogP contribution is -2.25. The molecule has 4 rings (SSSR count). The zero-order valence-electron chi connectivity index (χ0n) is 15.4. The van der Waals surface area contributed by atoms with Crippen molar-refractivity contribution in [2.24, 2.45) is 0 Å². The molecule has 0 aliphatic carbocycles. The van der Waals surface area contributed by atoms with Crippen molar-refractivity contribution in [2.75, 3.05) is 6.61 Å². The molecule has 0 radical (unpaired) electrons. The van der Waals surface area contributed by atoms with Crippen LogP contribution in [0, 0.1) is 0 Å². The van der Waals surface area contributed by atoms with Gasteiger partial charge in [-0.15, -0.1) is 0 Å². The summed E-state index contributed by atoms with van der Waals surface area (Å²) in [6, 6.07) is 19.6. The molecule has 1 aromatic heterocycles. The molecule has 28 heavy (non-hydrogen) atoms. The number of halogens is 1. The Morgan fingerprint density at radius 1 is 1.04 bits per heavy atom. The lowest BCUT2D eigenvalue weighted by molar-refractivity contribution is 0.0892. The van der Waals surface area contributed by atoms with Gasteiger partial charge in [0.05, 0.1) is 22.1 Å². The first-order valence-electron chi connectivity index (χ1n) is 9.16. The number of para-hydroxylation sites is 2. The van der Waals surface area contributed by atoms with Gasteiger partial charge in [-0.05, 0) is 51.8 Å². The molecule has 6 heteroatoms. The summed E-state index contributed by atoms with van der Waals surface area (Å²) in [5.41, 5.74) is 1.67. The number of aliphatic hydroxyl groups excluding tert-OH is 2. The molecule has 0 saturated heterocycles. The maximum Gasteiger partial charge on any atom is 0.138 e. The summed E-state index contributed by atoms with van der Waals surface area (Å²) in [6.45, 7) is 2.08. The van der Waals surface area contributed by atoms with Crippen molar-refractivity contribution in [3.8, 4) is 5.75 Å². The number of aromatic nitrogens is 2. The Bertz CT molecular complexity index is 1120. The fourth-order valence-corrected chi connectivity index (χ4v) is 3.99. The predicted molar refractivity (Wildman–Crippen MR) is 114 cm³/mol. The second kappa shape index (κ2) is 7.91. The van der Waals surface area contributed by atoms with Gasteiger partial charge in [0.25, 0.3) is 0 Å². The molecule has 2 atom stereocenters. The molecule has 3 aromatic carbocycles. The normalized spacial score (nSPS) is 13.7. The second-order valence-corrected chi connectivity index (χ2v) is 7.60. The smallest absolute Gasteiger partial charge is 0.138 e. The van der Waals surface area contributed by atoms with Gasteiger partial charge in [-0.25, -0.2) is 4.98 Å². The zero-order chi connectivity index (χ0) is 19.7. The number of fused-ring (bicyclic) bond motifs is 2. The van der Waals surface area contributed by atoms with Crippen molar-refractivity contribution in [1.82, 2.24) is 9.55 Å². The van der Waals surface area contributed by atoms with E-state index in [9.17, 15) is 10.2 Å². The van der Waals surface area contributed by atoms with Crippen molar-refractivity contribution in [2.45, 2.75) is 25.7 Å². The highest BCUT2D eigenvalue weighted by Gasteiger charge is 2.18. The average Bonchev–Trinajstić information content (AvgIpc) is 3.06. The van der Waals surface area contributed by atoms with E-state index in [1.165, 1.54) is 0 Å². The number of hydrogen-bond acceptors (Lipinski definition) is 4. The Morgan fingerprint density at radius 3 is 2.61 bits per heavy atom. The van der Waals surface area contributed by atoms with Crippen LogP contribution in [0.25, 0.3) is 21.8 Å². The largest absolute Gasteiger partial charge is 0.490 e. The Kier molecular flexibility index (Phi) is 5.35. The van der Waals surface area contributed by atoms with Gasteiger partial charge in [-0.1, -0.05) is 42.5 Å². The van der Waals surface area contributed by atoms with Crippen molar-refractivity contribution < 1.29 is 14.9 Å². The standard InChI is InChI=1S/C22H21BrN2O3/c1-14(26)22-24-18-8-4-5-9-19(18)25(22)12-16(27)13-28-20-11-10-15-6-2-3-7-17(15)21(20)23/h2-11,14,16,26-27H,12-13H2,1H3/t14-,16-/m1/s1. The van der Waals surface area contributed by atoms with E-state index < -0.39 is 12.2 Å². The van der Waals surface area contributed by atoms with E-state index in [4.69, 9.17) is 4.74 Å². The van der Waals surface area contributed by atoms with Gasteiger partial charge < -0.3 is 19.5 Å². The van der Waals surface area contributed by atoms with Crippen LogP contribution in [-0.2, 0) is 6.54 Å². The minimum Gasteiger partial charge on any atom is -0.490 e. The number of benzene rings is 3. The highest BCUT2D eigenvalue weighted by Crippen LogP contribution is 2.33. The maximum atomic E-state index is 10.6. The maximum absolute atomic E-state index is 10.6. The van der Waals surface area contributed by atoms with E-state index in [-0.39, 0.29) is 13.2 Å². The number of rotatable bonds is 6. The van der Waals surface area contributed by atoms with Crippen molar-refractivity contribution in [3.05, 3.63) is 71.0 Å². The summed E-state index contributed by atoms with van der Waals surface area (Å²) in [4.78, 5) is 4.49. The third-order valence-corrected chi connectivity index (χ3v) is 5.53. The number of aliphatic hydroxyl groups is 2. The monoisotopic (exact) mass is 440 g/mol. The molecule has 0 fully saturated rings. The van der Waals surface area contributed by atoms with Crippen LogP contribution in [-0.4, -0.2) is 32.5 Å². The quantitative estimate of drug-likeness (QED) is 0.464. The molecular formula is C22H21BrN2O3. The second-order valence-electron chi connectivity index (χ2n) is 6.81. The molecule has 0 amide bonds. The first-order chi connectivity index (χ1) is 13.5. The third-order valence-electron chi connectivity index (χ3n) is 4.71. The van der Waals surface area contributed by atoms with Crippen LogP contribution in [0.4, 0.5) is 0 Å². The van der Waals surface area contributed by atoms with Crippen LogP contribution >= 0.6 is 15.9 Å². The lowest BCUT2D eigenvalue weighted by Gasteiger charge is -2.17. The molecule has 0 bridgehead atoms. The molecule has 0 aliphatic rings. The molecule has 4 aromatic rings. The summed E-state index contributed by atoms with van der Waals surface area (Å²) in [6.07, 6.45) is -1.48. The Labute approximate surface area is 171 Å². The van der Waals surface area contributed by atoms with Gasteiger partial charge in [0.1, 0.15) is 30.4 Å². The summed E-state index contributed by atoms with van der Waals surface area (Å²) in [7, 11) is 0. The van der Waals surface area contributed by atoms with Crippen molar-refractivity contribution in [1.29, 1.82) is 0 Å². The van der Waals surface area contributed by atoms with E-state index in [0.717, 1.165) is 26.3 Å². The van der Waals surface area contributed by atoms with Gasteiger partial charge in [0.15, 0.2) is 0 Å². The summed E-state index contributed by atoms with van der Waals surface area (Å²) >= 11 is 3.60. The predicted octanol–water partition coefficient (Wildman–Crippen LogP) is 4.45. The van der Waals surface area contributed by atoms with Crippen LogP contribution in [0.15, 0.2) is 65.1 Å². The molecule has 144 valence electrons. The molecule has 5 nitrogen and oxygen atoms in total. The van der Waals surface area contributed by atoms with Crippen LogP contribution < -0.4 is 4.74 Å². The third kappa shape index (κ3) is 3.63. The van der Waals surface area contributed by atoms with Crippen LogP contribution in [0.3, 0.4) is 0 Å². The van der Waals surface area contributed by atoms with E-state index in [1.54, 1.807) is 6.92 Å². The summed E-state index contributed by atoms with van der Waals surface area (Å²) in [5, 5.41) is 22.8. The van der Waals surface area contributed by atoms with Crippen molar-refractivity contribution in [3.63, 3.8) is 0 Å². The first-order valence-corrected chi connectivity index (χ1v) is 9.95. The number of nitrogens with zero attached hydrogens (tertiary/aromatic N) is 2. The summed E-state index contributed by atoms with van der Waals surface area (Å²) in [5.74, 6) is 1.22. The molecule has 2 N–H and O–H groups in total. The topological polar surface area (TPSA) is 67.5 Å². The Balaban J connectivity index is 1.53. The van der Waals surface area contributed by atoms with Gasteiger partial charge >= 0.3 is 0 Å². The molecule has 0 saturated carbocycles. The van der Waals surface area contributed by atoms with Gasteiger partial charge in [0.2, 0.25) is 0 Å². The highest BCUT2D eigenvalue weighted by atomic mass is 79.9. The van der Waals surface area contributed by atoms with Gasteiger partial charge in [-0.3, -0.25) is 0 Å². The number of imidazole rings is 1. The van der Waals surface area contributed by atoms with Gasteiger partial charge in [0, 0.05) is 0 Å². The minimum atomic E-state index is -0.756. The molecule has 0 spiro atoms. The first kappa shape index (κ1) is 18.9. The van der Waals surface area contributed by atoms with Crippen LogP contribution in [0.2, 0.25) is 0 Å². The van der Waals surface area contributed by atoms with E-state index >= 15 is 0 Å². The summed E-state index contributed by atoms with van der Waals surface area (Å²) < 4.78 is 8.60. The van der Waals surface area contributed by atoms with Gasteiger partial charge in [-0.2, -0.15) is 0 Å². The number of ether oxygens (including phenoxy) is 1. The molecule has 0 aliphatic heterocycles. The molecule has 0 unspecified atom stereocenters. The van der Waals surface area contributed by atoms with E-state index in [2.05, 4.69) is 20.9 Å².